The summed E-state index contributed by atoms with van der Waals surface area (Å²) in [6.45, 7) is 0. The fourth-order valence-corrected chi connectivity index (χ4v) is 6.10. The van der Waals surface area contributed by atoms with Crippen molar-refractivity contribution >= 4 is 45.5 Å². The topological polar surface area (TPSA) is 74.7 Å². The summed E-state index contributed by atoms with van der Waals surface area (Å²) < 4.78 is 13.1. The summed E-state index contributed by atoms with van der Waals surface area (Å²) in [7, 11) is 0.519. The number of anilines is 2. The summed E-state index contributed by atoms with van der Waals surface area (Å²) in [4.78, 5) is 27.3. The van der Waals surface area contributed by atoms with Crippen LogP contribution < -0.4 is 4.90 Å². The van der Waals surface area contributed by atoms with Crippen molar-refractivity contribution in [2.45, 2.75) is 42.2 Å². The number of aromatic carboxylic acids is 1. The smallest absolute Gasteiger partial charge is 0.336 e. The second kappa shape index (κ2) is 10.5. The van der Waals surface area contributed by atoms with Crippen LogP contribution in [-0.4, -0.2) is 33.4 Å². The van der Waals surface area contributed by atoms with Gasteiger partial charge in [-0.15, -0.1) is 0 Å². The third-order valence-electron chi connectivity index (χ3n) is 6.27. The molecule has 1 unspecified atom stereocenters. The number of hydrogen-bond donors (Lipinski definition) is 1. The van der Waals surface area contributed by atoms with Gasteiger partial charge in [0.2, 0.25) is 0 Å². The maximum atomic E-state index is 13.1. The van der Waals surface area contributed by atoms with E-state index < -0.39 is 16.8 Å². The van der Waals surface area contributed by atoms with E-state index in [0.29, 0.717) is 15.5 Å². The van der Waals surface area contributed by atoms with Crippen molar-refractivity contribution in [1.29, 1.82) is 0 Å². The maximum absolute atomic E-state index is 13.1. The predicted octanol–water partition coefficient (Wildman–Crippen LogP) is 6.48. The molecule has 0 spiro atoms. The zero-order chi connectivity index (χ0) is 24.2. The third-order valence-corrected chi connectivity index (χ3v) is 8.39. The first kappa shape index (κ1) is 24.2. The molecule has 0 aromatic heterocycles. The van der Waals surface area contributed by atoms with Gasteiger partial charge < -0.3 is 10.0 Å². The van der Waals surface area contributed by atoms with Gasteiger partial charge in [-0.05, 0) is 79.6 Å². The second-order valence-corrected chi connectivity index (χ2v) is 10.6. The van der Waals surface area contributed by atoms with Crippen LogP contribution in [0.15, 0.2) is 71.6 Å². The second-order valence-electron chi connectivity index (χ2n) is 8.48. The van der Waals surface area contributed by atoms with Crippen molar-refractivity contribution < 1.29 is 18.9 Å². The Morgan fingerprint density at radius 2 is 1.44 bits per heavy atom. The molecule has 3 aromatic rings. The highest BCUT2D eigenvalue weighted by Crippen LogP contribution is 2.29. The van der Waals surface area contributed by atoms with Gasteiger partial charge in [0.15, 0.2) is 5.78 Å². The lowest BCUT2D eigenvalue weighted by Crippen LogP contribution is -2.21. The Morgan fingerprint density at radius 1 is 0.882 bits per heavy atom. The fraction of sp³-hybridized carbons (Fsp3) is 0.259. The quantitative estimate of drug-likeness (QED) is 0.380. The Bertz CT molecular complexity index is 1220. The van der Waals surface area contributed by atoms with Crippen molar-refractivity contribution in [1.82, 2.24) is 0 Å². The number of ketones is 1. The van der Waals surface area contributed by atoms with Crippen LogP contribution >= 0.6 is 11.6 Å². The van der Waals surface area contributed by atoms with Gasteiger partial charge in [0.25, 0.3) is 0 Å². The molecule has 5 nitrogen and oxygen atoms in total. The van der Waals surface area contributed by atoms with Crippen LogP contribution in [0.4, 0.5) is 11.4 Å². The predicted molar refractivity (Wildman–Crippen MR) is 136 cm³/mol. The summed E-state index contributed by atoms with van der Waals surface area (Å²) >= 11 is 5.96. The molecule has 0 amide bonds. The molecule has 0 bridgehead atoms. The van der Waals surface area contributed by atoms with E-state index in [2.05, 4.69) is 0 Å². The Balaban J connectivity index is 1.56. The van der Waals surface area contributed by atoms with Crippen molar-refractivity contribution in [3.8, 4) is 0 Å². The Labute approximate surface area is 206 Å². The lowest BCUT2D eigenvalue weighted by atomic mass is 10.0. The highest BCUT2D eigenvalue weighted by Gasteiger charge is 2.26. The van der Waals surface area contributed by atoms with Crippen LogP contribution in [0.2, 0.25) is 5.02 Å². The number of nitrogens with zero attached hydrogens (tertiary/aromatic N) is 1. The number of benzene rings is 3. The molecular formula is C27H26ClNO4S. The summed E-state index contributed by atoms with van der Waals surface area (Å²) in [5.74, 6) is -1.45. The van der Waals surface area contributed by atoms with Crippen molar-refractivity contribution in [3.63, 3.8) is 0 Å². The lowest BCUT2D eigenvalue weighted by Gasteiger charge is -2.22. The van der Waals surface area contributed by atoms with Crippen LogP contribution in [-0.2, 0) is 10.8 Å². The van der Waals surface area contributed by atoms with Gasteiger partial charge >= 0.3 is 5.97 Å². The zero-order valence-corrected chi connectivity index (χ0v) is 20.4. The Kier molecular flexibility index (Phi) is 7.49. The van der Waals surface area contributed by atoms with Gasteiger partial charge in [0, 0.05) is 39.8 Å². The molecule has 4 rings (SSSR count). The third kappa shape index (κ3) is 5.24. The molecule has 0 aliphatic heterocycles. The summed E-state index contributed by atoms with van der Waals surface area (Å²) in [5, 5.41) is 10.4. The van der Waals surface area contributed by atoms with E-state index in [1.54, 1.807) is 24.3 Å². The molecule has 1 N–H and O–H groups in total. The molecule has 0 heterocycles. The van der Waals surface area contributed by atoms with Gasteiger partial charge in [0.05, 0.1) is 21.3 Å². The van der Waals surface area contributed by atoms with Crippen LogP contribution in [0.1, 0.15) is 58.4 Å². The minimum Gasteiger partial charge on any atom is -0.478 e. The minimum absolute atomic E-state index is 0.0291. The zero-order valence-electron chi connectivity index (χ0n) is 18.9. The molecule has 1 aliphatic rings. The average Bonchev–Trinajstić information content (AvgIpc) is 2.88. The van der Waals surface area contributed by atoms with E-state index >= 15 is 0 Å². The van der Waals surface area contributed by atoms with Crippen molar-refractivity contribution in [3.05, 3.63) is 88.4 Å². The fourth-order valence-electron chi connectivity index (χ4n) is 4.29. The highest BCUT2D eigenvalue weighted by molar-refractivity contribution is 7.85. The van der Waals surface area contributed by atoms with E-state index in [-0.39, 0.29) is 22.2 Å². The number of hydrogen-bond acceptors (Lipinski definition) is 4. The lowest BCUT2D eigenvalue weighted by molar-refractivity contribution is 0.0693. The molecule has 3 aromatic carbocycles. The van der Waals surface area contributed by atoms with E-state index in [4.69, 9.17) is 11.6 Å². The average molecular weight is 496 g/mol. The molecule has 1 saturated carbocycles. The first-order valence-electron chi connectivity index (χ1n) is 11.3. The number of carboxylic acids is 1. The van der Waals surface area contributed by atoms with E-state index in [9.17, 15) is 18.9 Å². The van der Waals surface area contributed by atoms with Crippen LogP contribution in [0, 0.1) is 0 Å². The number of halogens is 1. The first-order chi connectivity index (χ1) is 16.3. The number of rotatable bonds is 7. The standard InChI is InChI=1S/C27H26ClNO4S/c1-29(22-14-10-20(28)11-15-22)21-12-7-18(8-13-21)26(30)19-9-16-25(24(17-19)27(31)32)34(33)23-5-3-2-4-6-23/h7-17,23H,2-6H2,1H3,(H,31,32). The first-order valence-corrected chi connectivity index (χ1v) is 12.9. The summed E-state index contributed by atoms with van der Waals surface area (Å²) in [6.07, 6.45) is 4.82. The Hall–Kier alpha value is -2.96. The van der Waals surface area contributed by atoms with Gasteiger partial charge in [-0.1, -0.05) is 30.9 Å². The molecule has 0 saturated heterocycles. The summed E-state index contributed by atoms with van der Waals surface area (Å²) in [6, 6.07) is 19.1. The SMILES string of the molecule is CN(c1ccc(Cl)cc1)c1ccc(C(=O)c2ccc(S(=O)C3CCCCC3)c(C(=O)O)c2)cc1. The van der Waals surface area contributed by atoms with Crippen molar-refractivity contribution in [2.24, 2.45) is 0 Å². The molecular weight excluding hydrogens is 470 g/mol. The van der Waals surface area contributed by atoms with E-state index in [0.717, 1.165) is 43.5 Å². The number of carbonyl (C=O) groups is 2. The van der Waals surface area contributed by atoms with E-state index in [1.165, 1.54) is 6.07 Å². The summed E-state index contributed by atoms with van der Waals surface area (Å²) in [5.41, 5.74) is 2.50. The monoisotopic (exact) mass is 495 g/mol. The van der Waals surface area contributed by atoms with Gasteiger partial charge in [-0.2, -0.15) is 0 Å². The molecule has 7 heteroatoms. The van der Waals surface area contributed by atoms with Gasteiger partial charge in [-0.3, -0.25) is 9.00 Å². The number of carbonyl (C=O) groups excluding carboxylic acids is 1. The molecule has 1 atom stereocenters. The molecule has 1 fully saturated rings. The molecule has 34 heavy (non-hydrogen) atoms. The number of carboxylic acid groups (broad SMARTS) is 1. The molecule has 1 aliphatic carbocycles. The van der Waals surface area contributed by atoms with Crippen LogP contribution in [0.25, 0.3) is 0 Å². The minimum atomic E-state index is -1.40. The van der Waals surface area contributed by atoms with Crippen molar-refractivity contribution in [2.75, 3.05) is 11.9 Å². The molecule has 0 radical (unpaired) electrons. The van der Waals surface area contributed by atoms with E-state index in [1.807, 2.05) is 48.3 Å². The van der Waals surface area contributed by atoms with Gasteiger partial charge in [-0.25, -0.2) is 4.79 Å². The normalized spacial score (nSPS) is 15.0. The van der Waals surface area contributed by atoms with Gasteiger partial charge in [0.1, 0.15) is 0 Å². The van der Waals surface area contributed by atoms with Crippen LogP contribution in [0.5, 0.6) is 0 Å². The van der Waals surface area contributed by atoms with Crippen LogP contribution in [0.3, 0.4) is 0 Å². The maximum Gasteiger partial charge on any atom is 0.336 e. The molecule has 176 valence electrons. The highest BCUT2D eigenvalue weighted by atomic mass is 35.5. The Morgan fingerprint density at radius 3 is 2.03 bits per heavy atom. The largest absolute Gasteiger partial charge is 0.478 e.